The molecule has 5 heteroatoms. The minimum absolute atomic E-state index is 0.154. The maximum atomic E-state index is 12.3. The smallest absolute Gasteiger partial charge is 0.230 e. The van der Waals surface area contributed by atoms with Crippen LogP contribution in [0.2, 0.25) is 0 Å². The number of carbonyl (C=O) groups is 1. The van der Waals surface area contributed by atoms with Crippen molar-refractivity contribution in [3.63, 3.8) is 0 Å². The van der Waals surface area contributed by atoms with Crippen LogP contribution < -0.4 is 5.32 Å². The normalized spacial score (nSPS) is 15.8. The average molecular weight is 270 g/mol. The van der Waals surface area contributed by atoms with E-state index in [1.807, 2.05) is 30.3 Å². The van der Waals surface area contributed by atoms with Crippen LogP contribution in [0.3, 0.4) is 0 Å². The van der Waals surface area contributed by atoms with Gasteiger partial charge in [-0.1, -0.05) is 30.3 Å². The van der Waals surface area contributed by atoms with Gasteiger partial charge in [0.1, 0.15) is 12.2 Å². The van der Waals surface area contributed by atoms with Crippen LogP contribution in [0.1, 0.15) is 30.7 Å². The third-order valence-electron chi connectivity index (χ3n) is 3.85. The molecule has 0 bridgehead atoms. The lowest BCUT2D eigenvalue weighted by molar-refractivity contribution is -0.123. The van der Waals surface area contributed by atoms with Gasteiger partial charge in [-0.15, -0.1) is 0 Å². The number of nitrogens with zero attached hydrogens (tertiary/aromatic N) is 2. The minimum Gasteiger partial charge on any atom is -0.355 e. The maximum absolute atomic E-state index is 12.3. The Hall–Kier alpha value is -2.17. The second-order valence-electron chi connectivity index (χ2n) is 5.24. The van der Waals surface area contributed by atoms with Gasteiger partial charge in [-0.3, -0.25) is 9.89 Å². The third kappa shape index (κ3) is 2.57. The first-order valence-electron chi connectivity index (χ1n) is 6.99. The minimum atomic E-state index is -0.270. The van der Waals surface area contributed by atoms with Crippen molar-refractivity contribution in [1.29, 1.82) is 0 Å². The number of amides is 1. The molecule has 1 fully saturated rings. The van der Waals surface area contributed by atoms with Gasteiger partial charge in [0, 0.05) is 13.0 Å². The highest BCUT2D eigenvalue weighted by molar-refractivity contribution is 5.91. The molecule has 3 rings (SSSR count). The molecule has 5 nitrogen and oxygen atoms in total. The van der Waals surface area contributed by atoms with Gasteiger partial charge in [0.15, 0.2) is 0 Å². The predicted molar refractivity (Wildman–Crippen MR) is 75.1 cm³/mol. The van der Waals surface area contributed by atoms with Crippen molar-refractivity contribution in [3.05, 3.63) is 48.0 Å². The summed E-state index contributed by atoms with van der Waals surface area (Å²) in [7, 11) is 0. The fourth-order valence-corrected chi connectivity index (χ4v) is 2.51. The van der Waals surface area contributed by atoms with E-state index in [2.05, 4.69) is 20.5 Å². The summed E-state index contributed by atoms with van der Waals surface area (Å²) in [5.41, 5.74) is 0.862. The zero-order valence-electron chi connectivity index (χ0n) is 11.3. The molecule has 0 saturated heterocycles. The van der Waals surface area contributed by atoms with Gasteiger partial charge in [0.2, 0.25) is 5.91 Å². The molecule has 104 valence electrons. The summed E-state index contributed by atoms with van der Waals surface area (Å²) in [5, 5.41) is 9.67. The molecule has 2 N–H and O–H groups in total. The third-order valence-corrected chi connectivity index (χ3v) is 3.85. The first-order valence-corrected chi connectivity index (χ1v) is 6.99. The predicted octanol–water partition coefficient (Wildman–Crippen LogP) is 1.59. The van der Waals surface area contributed by atoms with Gasteiger partial charge >= 0.3 is 0 Å². The molecule has 0 atom stereocenters. The highest BCUT2D eigenvalue weighted by Gasteiger charge is 2.50. The summed E-state index contributed by atoms with van der Waals surface area (Å²) >= 11 is 0. The summed E-state index contributed by atoms with van der Waals surface area (Å²) in [6.07, 6.45) is 5.07. The molecular weight excluding hydrogens is 252 g/mol. The Bertz CT molecular complexity index is 561. The molecule has 1 aliphatic rings. The van der Waals surface area contributed by atoms with E-state index in [4.69, 9.17) is 0 Å². The molecule has 0 spiro atoms. The maximum Gasteiger partial charge on any atom is 0.230 e. The second-order valence-corrected chi connectivity index (χ2v) is 5.24. The summed E-state index contributed by atoms with van der Waals surface area (Å²) in [5.74, 6) is 1.02. The lowest BCUT2D eigenvalue weighted by atomic mass is 9.95. The molecule has 0 aliphatic heterocycles. The molecule has 20 heavy (non-hydrogen) atoms. The highest BCUT2D eigenvalue weighted by Crippen LogP contribution is 2.48. The number of aryl methyl sites for hydroxylation is 1. The zero-order chi connectivity index (χ0) is 13.8. The number of rotatable bonds is 6. The van der Waals surface area contributed by atoms with Crippen molar-refractivity contribution in [2.24, 2.45) is 0 Å². The number of hydrogen-bond acceptors (Lipinski definition) is 3. The Balaban J connectivity index is 1.50. The van der Waals surface area contributed by atoms with Crippen LogP contribution in [0.5, 0.6) is 0 Å². The monoisotopic (exact) mass is 270 g/mol. The number of H-pyrrole nitrogens is 1. The topological polar surface area (TPSA) is 70.7 Å². The fourth-order valence-electron chi connectivity index (χ4n) is 2.51. The Labute approximate surface area is 117 Å². The number of aromatic amines is 1. The standard InChI is InChI=1S/C15H18N4O/c20-14(16-10-4-7-13-17-11-18-19-13)15(8-9-15)12-5-2-1-3-6-12/h1-3,5-6,11H,4,7-10H2,(H,16,20)(H,17,18,19). The van der Waals surface area contributed by atoms with E-state index in [9.17, 15) is 4.79 Å². The van der Waals surface area contributed by atoms with E-state index in [1.165, 1.54) is 6.33 Å². The number of carbonyl (C=O) groups excluding carboxylic acids is 1. The van der Waals surface area contributed by atoms with Crippen LogP contribution >= 0.6 is 0 Å². The van der Waals surface area contributed by atoms with Crippen LogP contribution in [0.4, 0.5) is 0 Å². The van der Waals surface area contributed by atoms with Gasteiger partial charge in [0.05, 0.1) is 5.41 Å². The molecule has 1 saturated carbocycles. The molecule has 0 unspecified atom stereocenters. The van der Waals surface area contributed by atoms with Crippen molar-refractivity contribution < 1.29 is 4.79 Å². The largest absolute Gasteiger partial charge is 0.355 e. The van der Waals surface area contributed by atoms with Gasteiger partial charge in [-0.05, 0) is 24.8 Å². The van der Waals surface area contributed by atoms with E-state index >= 15 is 0 Å². The average Bonchev–Trinajstić information content (AvgIpc) is 3.15. The van der Waals surface area contributed by atoms with E-state index in [0.29, 0.717) is 6.54 Å². The van der Waals surface area contributed by atoms with Crippen LogP contribution in [-0.4, -0.2) is 27.6 Å². The second kappa shape index (κ2) is 5.45. The quantitative estimate of drug-likeness (QED) is 0.783. The molecule has 1 heterocycles. The van der Waals surface area contributed by atoms with Crippen LogP contribution in [0.15, 0.2) is 36.7 Å². The summed E-state index contributed by atoms with van der Waals surface area (Å²) in [6.45, 7) is 0.675. The summed E-state index contributed by atoms with van der Waals surface area (Å²) in [4.78, 5) is 16.4. The van der Waals surface area contributed by atoms with E-state index < -0.39 is 0 Å². The first kappa shape index (κ1) is 12.8. The SMILES string of the molecule is O=C(NCCCc1ncn[nH]1)C1(c2ccccc2)CC1. The highest BCUT2D eigenvalue weighted by atomic mass is 16.2. The van der Waals surface area contributed by atoms with Gasteiger partial charge in [-0.25, -0.2) is 4.98 Å². The molecule has 2 aromatic rings. The first-order chi connectivity index (χ1) is 9.81. The van der Waals surface area contributed by atoms with Crippen molar-refractivity contribution in [1.82, 2.24) is 20.5 Å². The van der Waals surface area contributed by atoms with Gasteiger partial charge in [0.25, 0.3) is 0 Å². The van der Waals surface area contributed by atoms with Crippen molar-refractivity contribution in [2.45, 2.75) is 31.1 Å². The van der Waals surface area contributed by atoms with Gasteiger partial charge in [-0.2, -0.15) is 5.10 Å². The van der Waals surface area contributed by atoms with Crippen LogP contribution in [-0.2, 0) is 16.6 Å². The molecule has 1 amide bonds. The van der Waals surface area contributed by atoms with Crippen LogP contribution in [0.25, 0.3) is 0 Å². The number of aromatic nitrogens is 3. The molecule has 1 aromatic carbocycles. The van der Waals surface area contributed by atoms with E-state index in [1.54, 1.807) is 0 Å². The number of nitrogens with one attached hydrogen (secondary N) is 2. The zero-order valence-corrected chi connectivity index (χ0v) is 11.3. The van der Waals surface area contributed by atoms with E-state index in [0.717, 1.165) is 37.1 Å². The lowest BCUT2D eigenvalue weighted by Crippen LogP contribution is -2.35. The lowest BCUT2D eigenvalue weighted by Gasteiger charge is -2.15. The van der Waals surface area contributed by atoms with Crippen LogP contribution in [0, 0.1) is 0 Å². The Morgan fingerprint density at radius 2 is 2.10 bits per heavy atom. The summed E-state index contributed by atoms with van der Waals surface area (Å²) in [6, 6.07) is 10.1. The van der Waals surface area contributed by atoms with Gasteiger partial charge < -0.3 is 5.32 Å². The fraction of sp³-hybridized carbons (Fsp3) is 0.400. The summed E-state index contributed by atoms with van der Waals surface area (Å²) < 4.78 is 0. The Morgan fingerprint density at radius 3 is 2.75 bits per heavy atom. The Kier molecular flexibility index (Phi) is 3.50. The van der Waals surface area contributed by atoms with Crippen molar-refractivity contribution >= 4 is 5.91 Å². The van der Waals surface area contributed by atoms with E-state index in [-0.39, 0.29) is 11.3 Å². The molecule has 1 aliphatic carbocycles. The van der Waals surface area contributed by atoms with Crippen molar-refractivity contribution in [2.75, 3.05) is 6.54 Å². The molecule has 1 aromatic heterocycles. The number of benzene rings is 1. The number of hydrogen-bond donors (Lipinski definition) is 2. The Morgan fingerprint density at radius 1 is 1.30 bits per heavy atom. The molecular formula is C15H18N4O. The van der Waals surface area contributed by atoms with Crippen molar-refractivity contribution in [3.8, 4) is 0 Å². The molecule has 0 radical (unpaired) electrons.